The summed E-state index contributed by atoms with van der Waals surface area (Å²) in [5.74, 6) is 0.402. The lowest BCUT2D eigenvalue weighted by molar-refractivity contribution is 0.102. The largest absolute Gasteiger partial charge is 0.307 e. The summed E-state index contributed by atoms with van der Waals surface area (Å²) < 4.78 is 0.893. The maximum absolute atomic E-state index is 12.0. The molecule has 2 rings (SSSR count). The van der Waals surface area contributed by atoms with E-state index in [0.717, 1.165) is 15.6 Å². The Bertz CT molecular complexity index is 559. The van der Waals surface area contributed by atoms with Gasteiger partial charge < -0.3 is 5.32 Å². The van der Waals surface area contributed by atoms with E-state index in [1.165, 1.54) is 0 Å². The van der Waals surface area contributed by atoms with Crippen molar-refractivity contribution in [1.82, 2.24) is 4.98 Å². The van der Waals surface area contributed by atoms with Crippen LogP contribution in [0.4, 0.5) is 5.82 Å². The van der Waals surface area contributed by atoms with Gasteiger partial charge >= 0.3 is 0 Å². The molecule has 18 heavy (non-hydrogen) atoms. The SMILES string of the molecule is Cc1ccc(NC(=O)c2cc(C)cc(Br)c2)nc1. The molecule has 1 aromatic heterocycles. The Hall–Kier alpha value is -1.68. The molecule has 0 saturated heterocycles. The maximum atomic E-state index is 12.0. The number of halogens is 1. The molecule has 1 N–H and O–H groups in total. The Labute approximate surface area is 114 Å². The predicted octanol–water partition coefficient (Wildman–Crippen LogP) is 3.71. The Balaban J connectivity index is 2.19. The van der Waals surface area contributed by atoms with Gasteiger partial charge in [-0.2, -0.15) is 0 Å². The van der Waals surface area contributed by atoms with Crippen LogP contribution in [0.3, 0.4) is 0 Å². The topological polar surface area (TPSA) is 42.0 Å². The molecule has 0 aliphatic rings. The number of pyridine rings is 1. The van der Waals surface area contributed by atoms with Crippen molar-refractivity contribution in [3.63, 3.8) is 0 Å². The predicted molar refractivity (Wildman–Crippen MR) is 75.8 cm³/mol. The monoisotopic (exact) mass is 304 g/mol. The van der Waals surface area contributed by atoms with Gasteiger partial charge in [0.05, 0.1) is 0 Å². The average molecular weight is 305 g/mol. The summed E-state index contributed by atoms with van der Waals surface area (Å²) in [6, 6.07) is 9.29. The summed E-state index contributed by atoms with van der Waals surface area (Å²) in [4.78, 5) is 16.2. The van der Waals surface area contributed by atoms with E-state index in [2.05, 4.69) is 26.2 Å². The lowest BCUT2D eigenvalue weighted by Gasteiger charge is -2.06. The summed E-state index contributed by atoms with van der Waals surface area (Å²) in [7, 11) is 0. The fourth-order valence-electron chi connectivity index (χ4n) is 1.60. The molecule has 92 valence electrons. The van der Waals surface area contributed by atoms with Gasteiger partial charge in [0.25, 0.3) is 5.91 Å². The number of carbonyl (C=O) groups excluding carboxylic acids is 1. The summed E-state index contributed by atoms with van der Waals surface area (Å²) in [5.41, 5.74) is 2.71. The number of hydrogen-bond acceptors (Lipinski definition) is 2. The second-order valence-electron chi connectivity index (χ2n) is 4.19. The zero-order valence-electron chi connectivity index (χ0n) is 10.2. The fourth-order valence-corrected chi connectivity index (χ4v) is 2.21. The highest BCUT2D eigenvalue weighted by atomic mass is 79.9. The Morgan fingerprint density at radius 3 is 2.56 bits per heavy atom. The number of hydrogen-bond donors (Lipinski definition) is 1. The van der Waals surface area contributed by atoms with Crippen molar-refractivity contribution >= 4 is 27.7 Å². The zero-order valence-corrected chi connectivity index (χ0v) is 11.8. The minimum absolute atomic E-state index is 0.157. The summed E-state index contributed by atoms with van der Waals surface area (Å²) in [6.45, 7) is 3.90. The van der Waals surface area contributed by atoms with E-state index in [1.54, 1.807) is 18.3 Å². The van der Waals surface area contributed by atoms with Gasteiger partial charge in [-0.3, -0.25) is 4.79 Å². The number of aryl methyl sites for hydroxylation is 2. The van der Waals surface area contributed by atoms with Crippen molar-refractivity contribution in [2.75, 3.05) is 5.32 Å². The molecule has 0 atom stereocenters. The van der Waals surface area contributed by atoms with E-state index in [4.69, 9.17) is 0 Å². The van der Waals surface area contributed by atoms with Crippen LogP contribution in [0.1, 0.15) is 21.5 Å². The first-order chi connectivity index (χ1) is 8.54. The van der Waals surface area contributed by atoms with Crippen LogP contribution >= 0.6 is 15.9 Å². The lowest BCUT2D eigenvalue weighted by Crippen LogP contribution is -2.13. The van der Waals surface area contributed by atoms with E-state index >= 15 is 0 Å². The van der Waals surface area contributed by atoms with Gasteiger partial charge in [-0.1, -0.05) is 22.0 Å². The van der Waals surface area contributed by atoms with E-state index in [9.17, 15) is 4.79 Å². The minimum atomic E-state index is -0.157. The number of aromatic nitrogens is 1. The van der Waals surface area contributed by atoms with Crippen LogP contribution in [0, 0.1) is 13.8 Å². The second kappa shape index (κ2) is 5.31. The third kappa shape index (κ3) is 3.17. The van der Waals surface area contributed by atoms with Gasteiger partial charge in [-0.05, 0) is 49.2 Å². The highest BCUT2D eigenvalue weighted by Gasteiger charge is 2.08. The van der Waals surface area contributed by atoms with Crippen molar-refractivity contribution in [2.45, 2.75) is 13.8 Å². The number of benzene rings is 1. The molecule has 0 fully saturated rings. The normalized spacial score (nSPS) is 10.2. The number of nitrogens with zero attached hydrogens (tertiary/aromatic N) is 1. The van der Waals surface area contributed by atoms with E-state index < -0.39 is 0 Å². The lowest BCUT2D eigenvalue weighted by atomic mass is 10.1. The average Bonchev–Trinajstić information content (AvgIpc) is 2.31. The van der Waals surface area contributed by atoms with Gasteiger partial charge in [-0.25, -0.2) is 4.98 Å². The Kier molecular flexibility index (Phi) is 3.77. The van der Waals surface area contributed by atoms with Gasteiger partial charge in [0.1, 0.15) is 5.82 Å². The first-order valence-corrected chi connectivity index (χ1v) is 6.35. The highest BCUT2D eigenvalue weighted by molar-refractivity contribution is 9.10. The Morgan fingerprint density at radius 1 is 1.17 bits per heavy atom. The summed E-state index contributed by atoms with van der Waals surface area (Å²) >= 11 is 3.38. The molecule has 1 heterocycles. The molecule has 0 spiro atoms. The molecule has 0 saturated carbocycles. The molecule has 4 heteroatoms. The molecule has 1 amide bonds. The summed E-state index contributed by atoms with van der Waals surface area (Å²) in [6.07, 6.45) is 1.72. The molecule has 0 aliphatic carbocycles. The molecule has 0 unspecified atom stereocenters. The molecule has 0 radical (unpaired) electrons. The van der Waals surface area contributed by atoms with Crippen molar-refractivity contribution < 1.29 is 4.79 Å². The number of rotatable bonds is 2. The Morgan fingerprint density at radius 2 is 1.94 bits per heavy atom. The smallest absolute Gasteiger partial charge is 0.256 e. The van der Waals surface area contributed by atoms with Gasteiger partial charge in [0.15, 0.2) is 0 Å². The van der Waals surface area contributed by atoms with Crippen molar-refractivity contribution in [3.05, 3.63) is 57.7 Å². The van der Waals surface area contributed by atoms with Gasteiger partial charge in [-0.15, -0.1) is 0 Å². The van der Waals surface area contributed by atoms with Crippen LogP contribution in [0.2, 0.25) is 0 Å². The van der Waals surface area contributed by atoms with Crippen molar-refractivity contribution in [3.8, 4) is 0 Å². The van der Waals surface area contributed by atoms with E-state index in [1.807, 2.05) is 32.0 Å². The highest BCUT2D eigenvalue weighted by Crippen LogP contribution is 2.16. The first kappa shape index (κ1) is 12.8. The van der Waals surface area contributed by atoms with Crippen LogP contribution < -0.4 is 5.32 Å². The third-order valence-electron chi connectivity index (χ3n) is 2.46. The van der Waals surface area contributed by atoms with Crippen molar-refractivity contribution in [1.29, 1.82) is 0 Å². The van der Waals surface area contributed by atoms with Crippen LogP contribution in [0.15, 0.2) is 41.0 Å². The summed E-state index contributed by atoms with van der Waals surface area (Å²) in [5, 5.41) is 2.77. The minimum Gasteiger partial charge on any atom is -0.307 e. The van der Waals surface area contributed by atoms with Crippen LogP contribution in [0.25, 0.3) is 0 Å². The van der Waals surface area contributed by atoms with Crippen LogP contribution in [0.5, 0.6) is 0 Å². The van der Waals surface area contributed by atoms with E-state index in [-0.39, 0.29) is 5.91 Å². The van der Waals surface area contributed by atoms with Crippen LogP contribution in [-0.2, 0) is 0 Å². The van der Waals surface area contributed by atoms with Gasteiger partial charge in [0, 0.05) is 16.2 Å². The molecule has 0 bridgehead atoms. The van der Waals surface area contributed by atoms with Crippen LogP contribution in [-0.4, -0.2) is 10.9 Å². The molecule has 1 aromatic carbocycles. The number of anilines is 1. The third-order valence-corrected chi connectivity index (χ3v) is 2.92. The fraction of sp³-hybridized carbons (Fsp3) is 0.143. The zero-order chi connectivity index (χ0) is 13.1. The van der Waals surface area contributed by atoms with Crippen molar-refractivity contribution in [2.24, 2.45) is 0 Å². The second-order valence-corrected chi connectivity index (χ2v) is 5.11. The van der Waals surface area contributed by atoms with Gasteiger partial charge in [0.2, 0.25) is 0 Å². The standard InChI is InChI=1S/C14H13BrN2O/c1-9-3-4-13(16-8-9)17-14(18)11-5-10(2)6-12(15)7-11/h3-8H,1-2H3,(H,16,17,18). The number of carbonyl (C=O) groups is 1. The molecule has 2 aromatic rings. The molecule has 0 aliphatic heterocycles. The molecular formula is C14H13BrN2O. The molecule has 3 nitrogen and oxygen atoms in total. The maximum Gasteiger partial charge on any atom is 0.256 e. The number of nitrogens with one attached hydrogen (secondary N) is 1. The molecular weight excluding hydrogens is 292 g/mol. The quantitative estimate of drug-likeness (QED) is 0.919. The van der Waals surface area contributed by atoms with E-state index in [0.29, 0.717) is 11.4 Å². The first-order valence-electron chi connectivity index (χ1n) is 5.56. The number of amides is 1.